The minimum atomic E-state index is 0.525. The molecule has 9 heavy (non-hydrogen) atoms. The van der Waals surface area contributed by atoms with Crippen LogP contribution >= 0.6 is 0 Å². The quantitative estimate of drug-likeness (QED) is 0.432. The number of hydrogen-bond donors (Lipinski definition) is 2. The van der Waals surface area contributed by atoms with Crippen molar-refractivity contribution in [2.45, 2.75) is 0 Å². The second-order valence-electron chi connectivity index (χ2n) is 1.67. The van der Waals surface area contributed by atoms with Gasteiger partial charge in [0.05, 0.1) is 5.69 Å². The van der Waals surface area contributed by atoms with Gasteiger partial charge in [0.25, 0.3) is 0 Å². The van der Waals surface area contributed by atoms with Crippen molar-refractivity contribution >= 4 is 11.4 Å². The van der Waals surface area contributed by atoms with Gasteiger partial charge >= 0.3 is 0 Å². The van der Waals surface area contributed by atoms with E-state index in [-0.39, 0.29) is 0 Å². The van der Waals surface area contributed by atoms with Gasteiger partial charge in [0.2, 0.25) is 0 Å². The Kier molecular flexibility index (Phi) is 1.44. The molecule has 1 rings (SSSR count). The van der Waals surface area contributed by atoms with Crippen LogP contribution in [0.15, 0.2) is 29.4 Å². The third-order valence-corrected chi connectivity index (χ3v) is 1.06. The van der Waals surface area contributed by atoms with Crippen molar-refractivity contribution in [3.63, 3.8) is 0 Å². The maximum atomic E-state index is 6.63. The lowest BCUT2D eigenvalue weighted by Gasteiger charge is -1.93. The predicted octanol–water partition coefficient (Wildman–Crippen LogP) is 1.93. The Balaban J connectivity index is 3.15. The molecule has 3 heteroatoms. The number of hydrogen-bond acceptors (Lipinski definition) is 3. The van der Waals surface area contributed by atoms with Crippen LogP contribution in [-0.2, 0) is 0 Å². The van der Waals surface area contributed by atoms with E-state index < -0.39 is 0 Å². The number of nitrogen functional groups attached to an aromatic ring is 1. The van der Waals surface area contributed by atoms with Crippen molar-refractivity contribution in [1.82, 2.24) is 0 Å². The molecule has 0 unspecified atom stereocenters. The summed E-state index contributed by atoms with van der Waals surface area (Å²) in [6.07, 6.45) is 0. The number of para-hydroxylation sites is 2. The molecule has 0 spiro atoms. The minimum Gasteiger partial charge on any atom is -0.397 e. The average Bonchev–Trinajstić information content (AvgIpc) is 1.89. The molecule has 0 aliphatic carbocycles. The van der Waals surface area contributed by atoms with Crippen molar-refractivity contribution in [3.05, 3.63) is 24.3 Å². The van der Waals surface area contributed by atoms with Gasteiger partial charge in [-0.2, -0.15) is 5.11 Å². The summed E-state index contributed by atoms with van der Waals surface area (Å²) in [6.45, 7) is 0. The molecule has 0 heterocycles. The molecule has 0 saturated heterocycles. The normalized spacial score (nSPS) is 8.89. The van der Waals surface area contributed by atoms with Gasteiger partial charge in [-0.1, -0.05) is 12.1 Å². The largest absolute Gasteiger partial charge is 0.397 e. The highest BCUT2D eigenvalue weighted by Crippen LogP contribution is 2.19. The highest BCUT2D eigenvalue weighted by molar-refractivity contribution is 5.60. The van der Waals surface area contributed by atoms with Crippen LogP contribution in [0.3, 0.4) is 0 Å². The SMILES string of the molecule is N=Nc1ccccc1N. The third-order valence-electron chi connectivity index (χ3n) is 1.06. The molecule has 3 nitrogen and oxygen atoms in total. The number of nitrogens with zero attached hydrogens (tertiary/aromatic N) is 1. The topological polar surface area (TPSA) is 62.2 Å². The summed E-state index contributed by atoms with van der Waals surface area (Å²) < 4.78 is 0. The van der Waals surface area contributed by atoms with E-state index in [4.69, 9.17) is 11.3 Å². The first-order valence-electron chi connectivity index (χ1n) is 2.56. The predicted molar refractivity (Wildman–Crippen MR) is 35.7 cm³/mol. The summed E-state index contributed by atoms with van der Waals surface area (Å²) in [5.74, 6) is 0. The zero-order valence-corrected chi connectivity index (χ0v) is 4.83. The van der Waals surface area contributed by atoms with Crippen LogP contribution < -0.4 is 5.73 Å². The molecule has 0 bridgehead atoms. The van der Waals surface area contributed by atoms with Crippen LogP contribution in [-0.4, -0.2) is 0 Å². The van der Waals surface area contributed by atoms with Gasteiger partial charge in [-0.05, 0) is 12.1 Å². The molecule has 0 radical (unpaired) electrons. The summed E-state index contributed by atoms with van der Waals surface area (Å²) in [4.78, 5) is 0. The second-order valence-corrected chi connectivity index (χ2v) is 1.67. The van der Waals surface area contributed by atoms with Crippen molar-refractivity contribution in [3.8, 4) is 0 Å². The van der Waals surface area contributed by atoms with Crippen LogP contribution in [0, 0.1) is 5.53 Å². The summed E-state index contributed by atoms with van der Waals surface area (Å²) in [5.41, 5.74) is 13.1. The molecule has 0 aliphatic rings. The third kappa shape index (κ3) is 1.05. The van der Waals surface area contributed by atoms with Crippen LogP contribution in [0.1, 0.15) is 0 Å². The van der Waals surface area contributed by atoms with Crippen LogP contribution in [0.25, 0.3) is 0 Å². The lowest BCUT2D eigenvalue weighted by atomic mass is 10.3. The van der Waals surface area contributed by atoms with E-state index in [1.165, 1.54) is 0 Å². The molecular weight excluding hydrogens is 114 g/mol. The van der Waals surface area contributed by atoms with Crippen LogP contribution in [0.4, 0.5) is 11.4 Å². The maximum Gasteiger partial charge on any atom is 0.108 e. The van der Waals surface area contributed by atoms with E-state index in [1.807, 2.05) is 6.07 Å². The Morgan fingerprint density at radius 1 is 1.33 bits per heavy atom. The van der Waals surface area contributed by atoms with Crippen molar-refractivity contribution < 1.29 is 0 Å². The van der Waals surface area contributed by atoms with Crippen molar-refractivity contribution in [1.29, 1.82) is 5.53 Å². The lowest BCUT2D eigenvalue weighted by Crippen LogP contribution is -1.82. The number of nitrogens with two attached hydrogens (primary N) is 1. The van der Waals surface area contributed by atoms with E-state index >= 15 is 0 Å². The molecule has 0 fully saturated rings. The lowest BCUT2D eigenvalue weighted by molar-refractivity contribution is 1.15. The zero-order chi connectivity index (χ0) is 6.69. The molecule has 3 N–H and O–H groups in total. The average molecular weight is 121 g/mol. The number of benzene rings is 1. The molecule has 1 aromatic rings. The minimum absolute atomic E-state index is 0.525. The molecule has 1 aromatic carbocycles. The molecule has 0 amide bonds. The number of rotatable bonds is 1. The highest BCUT2D eigenvalue weighted by Gasteiger charge is 1.90. The first-order chi connectivity index (χ1) is 4.34. The van der Waals surface area contributed by atoms with E-state index in [0.717, 1.165) is 0 Å². The van der Waals surface area contributed by atoms with Crippen LogP contribution in [0.5, 0.6) is 0 Å². The standard InChI is InChI=1S/C6H7N3/c7-5-3-1-2-4-6(5)9-8/h1-4,8H,7H2. The second kappa shape index (κ2) is 2.26. The van der Waals surface area contributed by atoms with E-state index in [2.05, 4.69) is 5.11 Å². The van der Waals surface area contributed by atoms with Gasteiger partial charge in [-0.15, -0.1) is 0 Å². The fourth-order valence-electron chi connectivity index (χ4n) is 0.589. The first-order valence-corrected chi connectivity index (χ1v) is 2.56. The molecular formula is C6H7N3. The Morgan fingerprint density at radius 3 is 2.44 bits per heavy atom. The Hall–Kier alpha value is -1.38. The Bertz CT molecular complexity index is 219. The molecule has 0 aliphatic heterocycles. The first kappa shape index (κ1) is 5.75. The van der Waals surface area contributed by atoms with Gasteiger partial charge in [0.15, 0.2) is 0 Å². The maximum absolute atomic E-state index is 6.63. The molecule has 0 saturated carbocycles. The van der Waals surface area contributed by atoms with Gasteiger partial charge in [0, 0.05) is 0 Å². The summed E-state index contributed by atoms with van der Waals surface area (Å²) in [6, 6.07) is 7.02. The van der Waals surface area contributed by atoms with Crippen molar-refractivity contribution in [2.24, 2.45) is 5.11 Å². The monoisotopic (exact) mass is 121 g/mol. The van der Waals surface area contributed by atoms with E-state index in [1.54, 1.807) is 18.2 Å². The summed E-state index contributed by atoms with van der Waals surface area (Å²) in [7, 11) is 0. The smallest absolute Gasteiger partial charge is 0.108 e. The van der Waals surface area contributed by atoms with E-state index in [0.29, 0.717) is 11.4 Å². The van der Waals surface area contributed by atoms with Crippen molar-refractivity contribution in [2.75, 3.05) is 5.73 Å². The Morgan fingerprint density at radius 2 is 2.00 bits per heavy atom. The fraction of sp³-hybridized carbons (Fsp3) is 0. The van der Waals surface area contributed by atoms with Crippen LogP contribution in [0.2, 0.25) is 0 Å². The summed E-state index contributed by atoms with van der Waals surface area (Å²) in [5, 5.41) is 3.20. The van der Waals surface area contributed by atoms with Gasteiger partial charge < -0.3 is 5.73 Å². The van der Waals surface area contributed by atoms with Gasteiger partial charge in [-0.3, -0.25) is 0 Å². The Labute approximate surface area is 53.0 Å². The number of nitrogens with one attached hydrogen (secondary N) is 1. The fourth-order valence-corrected chi connectivity index (χ4v) is 0.589. The van der Waals surface area contributed by atoms with Gasteiger partial charge in [-0.25, -0.2) is 5.53 Å². The zero-order valence-electron chi connectivity index (χ0n) is 4.83. The molecule has 0 aromatic heterocycles. The summed E-state index contributed by atoms with van der Waals surface area (Å²) >= 11 is 0. The molecule has 46 valence electrons. The van der Waals surface area contributed by atoms with Gasteiger partial charge in [0.1, 0.15) is 5.69 Å². The van der Waals surface area contributed by atoms with E-state index in [9.17, 15) is 0 Å². The number of anilines is 1. The highest BCUT2D eigenvalue weighted by atomic mass is 15.0. The molecule has 0 atom stereocenters.